The molecule has 0 saturated carbocycles. The predicted molar refractivity (Wildman–Crippen MR) is 52.2 cm³/mol. The van der Waals surface area contributed by atoms with Crippen molar-refractivity contribution in [3.05, 3.63) is 29.8 Å². The van der Waals surface area contributed by atoms with E-state index in [1.807, 2.05) is 0 Å². The molecular weight excluding hydrogens is 220 g/mol. The van der Waals surface area contributed by atoms with Gasteiger partial charge in [-0.25, -0.2) is 4.79 Å². The minimum Gasteiger partial charge on any atom is -0.462 e. The summed E-state index contributed by atoms with van der Waals surface area (Å²) in [5.74, 6) is -0.622. The van der Waals surface area contributed by atoms with Crippen molar-refractivity contribution in [3.8, 4) is 0 Å². The summed E-state index contributed by atoms with van der Waals surface area (Å²) in [7, 11) is -4.28. The number of ether oxygens (including phenoxy) is 1. The molecule has 0 spiro atoms. The Balaban J connectivity index is 3.09. The molecule has 0 amide bonds. The van der Waals surface area contributed by atoms with Crippen LogP contribution in [-0.4, -0.2) is 25.5 Å². The van der Waals surface area contributed by atoms with E-state index in [0.717, 1.165) is 6.07 Å². The van der Waals surface area contributed by atoms with Crippen molar-refractivity contribution in [3.63, 3.8) is 0 Å². The van der Waals surface area contributed by atoms with Crippen LogP contribution in [-0.2, 0) is 14.9 Å². The lowest BCUT2D eigenvalue weighted by Gasteiger charge is -2.02. The fourth-order valence-corrected chi connectivity index (χ4v) is 1.52. The molecule has 0 saturated heterocycles. The van der Waals surface area contributed by atoms with E-state index in [1.54, 1.807) is 6.92 Å². The number of carbonyl (C=O) groups is 1. The molecule has 0 fully saturated rings. The summed E-state index contributed by atoms with van der Waals surface area (Å²) in [6.07, 6.45) is 0. The minimum absolute atomic E-state index is 0.0898. The molecule has 0 aliphatic heterocycles. The van der Waals surface area contributed by atoms with Crippen LogP contribution in [0.4, 0.5) is 0 Å². The highest BCUT2D eigenvalue weighted by Crippen LogP contribution is 2.11. The molecule has 0 aliphatic carbocycles. The number of rotatable bonds is 3. The molecule has 82 valence electrons. The molecular formula is C9H10O5S. The zero-order valence-electron chi connectivity index (χ0n) is 8.00. The monoisotopic (exact) mass is 230 g/mol. The second kappa shape index (κ2) is 4.41. The highest BCUT2D eigenvalue weighted by atomic mass is 32.2. The highest BCUT2D eigenvalue weighted by molar-refractivity contribution is 7.85. The summed E-state index contributed by atoms with van der Waals surface area (Å²) in [5, 5.41) is 0. The maximum Gasteiger partial charge on any atom is 0.338 e. The summed E-state index contributed by atoms with van der Waals surface area (Å²) >= 11 is 0. The minimum atomic E-state index is -4.28. The van der Waals surface area contributed by atoms with Crippen LogP contribution < -0.4 is 0 Å². The van der Waals surface area contributed by atoms with Crippen LogP contribution in [0.5, 0.6) is 0 Å². The average molecular weight is 230 g/mol. The Bertz CT molecular complexity index is 463. The van der Waals surface area contributed by atoms with Crippen LogP contribution >= 0.6 is 0 Å². The third-order valence-corrected chi connectivity index (χ3v) is 2.49. The molecule has 1 aromatic rings. The Kier molecular flexibility index (Phi) is 3.43. The first-order chi connectivity index (χ1) is 6.95. The van der Waals surface area contributed by atoms with Gasteiger partial charge in [-0.05, 0) is 25.1 Å². The quantitative estimate of drug-likeness (QED) is 0.621. The van der Waals surface area contributed by atoms with Gasteiger partial charge in [-0.1, -0.05) is 6.07 Å². The Hall–Kier alpha value is -1.40. The zero-order chi connectivity index (χ0) is 11.5. The number of benzene rings is 1. The summed E-state index contributed by atoms with van der Waals surface area (Å²) in [6, 6.07) is 5.02. The topological polar surface area (TPSA) is 80.7 Å². The smallest absolute Gasteiger partial charge is 0.338 e. The third-order valence-electron chi connectivity index (χ3n) is 1.64. The average Bonchev–Trinajstić information content (AvgIpc) is 2.17. The van der Waals surface area contributed by atoms with E-state index in [9.17, 15) is 13.2 Å². The van der Waals surface area contributed by atoms with Crippen molar-refractivity contribution in [2.45, 2.75) is 11.8 Å². The number of esters is 1. The van der Waals surface area contributed by atoms with Gasteiger partial charge in [0.1, 0.15) is 0 Å². The van der Waals surface area contributed by atoms with Crippen molar-refractivity contribution in [1.82, 2.24) is 0 Å². The first-order valence-corrected chi connectivity index (χ1v) is 5.64. The molecule has 0 aliphatic rings. The van der Waals surface area contributed by atoms with Gasteiger partial charge in [-0.15, -0.1) is 0 Å². The van der Waals surface area contributed by atoms with Crippen LogP contribution in [0.25, 0.3) is 0 Å². The van der Waals surface area contributed by atoms with Gasteiger partial charge in [0.2, 0.25) is 0 Å². The standard InChI is InChI=1S/C9H10O5S/c1-2-14-9(10)7-4-3-5-8(6-7)15(11,12)13/h3-6H,2H2,1H3,(H,11,12,13). The van der Waals surface area contributed by atoms with Gasteiger partial charge in [-0.3, -0.25) is 4.55 Å². The normalized spacial score (nSPS) is 11.1. The summed E-state index contributed by atoms with van der Waals surface area (Å²) in [6.45, 7) is 1.85. The summed E-state index contributed by atoms with van der Waals surface area (Å²) in [5.41, 5.74) is 0.0898. The second-order valence-corrected chi connectivity index (χ2v) is 4.14. The molecule has 5 nitrogen and oxygen atoms in total. The van der Waals surface area contributed by atoms with Crippen molar-refractivity contribution in [2.24, 2.45) is 0 Å². The lowest BCUT2D eigenvalue weighted by atomic mass is 10.2. The Morgan fingerprint density at radius 2 is 2.13 bits per heavy atom. The van der Waals surface area contributed by atoms with Crippen molar-refractivity contribution < 1.29 is 22.5 Å². The molecule has 0 unspecified atom stereocenters. The van der Waals surface area contributed by atoms with E-state index in [4.69, 9.17) is 4.55 Å². The van der Waals surface area contributed by atoms with Gasteiger partial charge in [0.15, 0.2) is 0 Å². The molecule has 0 radical (unpaired) electrons. The van der Waals surface area contributed by atoms with Gasteiger partial charge in [-0.2, -0.15) is 8.42 Å². The van der Waals surface area contributed by atoms with Crippen LogP contribution in [0.2, 0.25) is 0 Å². The molecule has 15 heavy (non-hydrogen) atoms. The lowest BCUT2D eigenvalue weighted by molar-refractivity contribution is 0.0526. The molecule has 1 rings (SSSR count). The zero-order valence-corrected chi connectivity index (χ0v) is 8.82. The van der Waals surface area contributed by atoms with Gasteiger partial charge in [0, 0.05) is 0 Å². The first-order valence-electron chi connectivity index (χ1n) is 4.20. The molecule has 0 atom stereocenters. The van der Waals surface area contributed by atoms with E-state index in [0.29, 0.717) is 0 Å². The number of hydrogen-bond donors (Lipinski definition) is 1. The van der Waals surface area contributed by atoms with E-state index >= 15 is 0 Å². The Labute approximate surface area is 87.4 Å². The Morgan fingerprint density at radius 3 is 2.67 bits per heavy atom. The van der Waals surface area contributed by atoms with Gasteiger partial charge in [0.25, 0.3) is 10.1 Å². The predicted octanol–water partition coefficient (Wildman–Crippen LogP) is 1.11. The van der Waals surface area contributed by atoms with Crippen molar-refractivity contribution in [1.29, 1.82) is 0 Å². The first kappa shape index (κ1) is 11.7. The van der Waals surface area contributed by atoms with E-state index < -0.39 is 16.1 Å². The molecule has 0 aromatic heterocycles. The van der Waals surface area contributed by atoms with E-state index in [-0.39, 0.29) is 17.1 Å². The van der Waals surface area contributed by atoms with Crippen LogP contribution in [0.1, 0.15) is 17.3 Å². The fourth-order valence-electron chi connectivity index (χ4n) is 0.998. The highest BCUT2D eigenvalue weighted by Gasteiger charge is 2.13. The molecule has 6 heteroatoms. The number of hydrogen-bond acceptors (Lipinski definition) is 4. The molecule has 0 bridgehead atoms. The van der Waals surface area contributed by atoms with Gasteiger partial charge >= 0.3 is 5.97 Å². The third kappa shape index (κ3) is 3.03. The lowest BCUT2D eigenvalue weighted by Crippen LogP contribution is -2.06. The maximum absolute atomic E-state index is 11.2. The van der Waals surface area contributed by atoms with Crippen molar-refractivity contribution >= 4 is 16.1 Å². The van der Waals surface area contributed by atoms with E-state index in [2.05, 4.69) is 4.74 Å². The van der Waals surface area contributed by atoms with Gasteiger partial charge in [0.05, 0.1) is 17.1 Å². The Morgan fingerprint density at radius 1 is 1.47 bits per heavy atom. The van der Waals surface area contributed by atoms with E-state index in [1.165, 1.54) is 18.2 Å². The molecule has 0 heterocycles. The SMILES string of the molecule is CCOC(=O)c1cccc(S(=O)(=O)O)c1. The fraction of sp³-hybridized carbons (Fsp3) is 0.222. The van der Waals surface area contributed by atoms with Crippen LogP contribution in [0, 0.1) is 0 Å². The van der Waals surface area contributed by atoms with Gasteiger partial charge < -0.3 is 4.74 Å². The number of carbonyl (C=O) groups excluding carboxylic acids is 1. The molecule has 1 N–H and O–H groups in total. The second-order valence-electron chi connectivity index (χ2n) is 2.72. The molecule has 1 aromatic carbocycles. The summed E-state index contributed by atoms with van der Waals surface area (Å²) < 4.78 is 35.0. The maximum atomic E-state index is 11.2. The van der Waals surface area contributed by atoms with Crippen LogP contribution in [0.15, 0.2) is 29.2 Å². The summed E-state index contributed by atoms with van der Waals surface area (Å²) in [4.78, 5) is 10.9. The largest absolute Gasteiger partial charge is 0.462 e. The van der Waals surface area contributed by atoms with Crippen LogP contribution in [0.3, 0.4) is 0 Å². The van der Waals surface area contributed by atoms with Crippen molar-refractivity contribution in [2.75, 3.05) is 6.61 Å².